The number of para-hydroxylation sites is 1. The number of rotatable bonds is 1. The summed E-state index contributed by atoms with van der Waals surface area (Å²) >= 11 is 0. The Kier molecular flexibility index (Phi) is 5.08. The molecule has 9 aromatic rings. The number of hydrogen-bond acceptors (Lipinski definition) is 2. The molecule has 0 amide bonds. The Morgan fingerprint density at radius 2 is 1.02 bits per heavy atom. The van der Waals surface area contributed by atoms with Gasteiger partial charge in [0.25, 0.3) is 0 Å². The number of aromatic nitrogens is 4. The van der Waals surface area contributed by atoms with Gasteiger partial charge in [0, 0.05) is 61.2 Å². The Morgan fingerprint density at radius 1 is 0.444 bits per heavy atom. The van der Waals surface area contributed by atoms with Gasteiger partial charge in [-0.3, -0.25) is 9.97 Å². The van der Waals surface area contributed by atoms with Crippen LogP contribution in [0.5, 0.6) is 0 Å². The van der Waals surface area contributed by atoms with Crippen molar-refractivity contribution >= 4 is 70.7 Å². The van der Waals surface area contributed by atoms with Crippen LogP contribution in [0.25, 0.3) is 76.4 Å². The van der Waals surface area contributed by atoms with E-state index in [1.165, 1.54) is 152 Å². The zero-order valence-electron chi connectivity index (χ0n) is 30.6. The summed E-state index contributed by atoms with van der Waals surface area (Å²) in [4.78, 5) is 11.1. The third kappa shape index (κ3) is 3.33. The van der Waals surface area contributed by atoms with Gasteiger partial charge >= 0.3 is 0 Å². The van der Waals surface area contributed by atoms with Crippen LogP contribution in [0.15, 0.2) is 85.2 Å². The average Bonchev–Trinajstić information content (AvgIpc) is 3.74. The van der Waals surface area contributed by atoms with Gasteiger partial charge in [0.15, 0.2) is 0 Å². The third-order valence-corrected chi connectivity index (χ3v) is 16.3. The van der Waals surface area contributed by atoms with Crippen molar-refractivity contribution in [2.24, 2.45) is 23.7 Å². The fraction of sp³-hybridized carbons (Fsp3) is 0.360. The van der Waals surface area contributed by atoms with Crippen molar-refractivity contribution in [3.05, 3.63) is 108 Å². The van der Waals surface area contributed by atoms with Gasteiger partial charge in [-0.1, -0.05) is 48.5 Å². The van der Waals surface area contributed by atoms with Crippen molar-refractivity contribution in [1.82, 2.24) is 18.9 Å². The van der Waals surface area contributed by atoms with Crippen LogP contribution in [0.1, 0.15) is 110 Å². The van der Waals surface area contributed by atoms with E-state index in [0.29, 0.717) is 23.7 Å². The van der Waals surface area contributed by atoms with E-state index >= 15 is 0 Å². The lowest BCUT2D eigenvalue weighted by Crippen LogP contribution is -2.25. The number of nitrogens with zero attached hydrogens (tertiary/aromatic N) is 4. The first-order chi connectivity index (χ1) is 26.7. The second-order valence-corrected chi connectivity index (χ2v) is 19.0. The van der Waals surface area contributed by atoms with E-state index in [1.54, 1.807) is 11.1 Å². The van der Waals surface area contributed by atoms with Crippen molar-refractivity contribution in [3.8, 4) is 5.69 Å². The minimum absolute atomic E-state index is 0.593. The fourth-order valence-electron chi connectivity index (χ4n) is 14.9. The lowest BCUT2D eigenvalue weighted by atomic mass is 9.67. The van der Waals surface area contributed by atoms with E-state index in [9.17, 15) is 0 Å². The molecule has 5 aromatic heterocycles. The van der Waals surface area contributed by atoms with Gasteiger partial charge in [0.05, 0.1) is 40.0 Å². The summed E-state index contributed by atoms with van der Waals surface area (Å²) in [5.74, 6) is 5.85. The Bertz CT molecular complexity index is 3100. The topological polar surface area (TPSA) is 35.1 Å². The molecule has 54 heavy (non-hydrogen) atoms. The van der Waals surface area contributed by atoms with E-state index < -0.39 is 0 Å². The Morgan fingerprint density at radius 3 is 1.70 bits per heavy atom. The van der Waals surface area contributed by atoms with E-state index in [2.05, 4.69) is 94.2 Å². The molecule has 0 spiro atoms. The summed E-state index contributed by atoms with van der Waals surface area (Å²) < 4.78 is 5.31. The maximum atomic E-state index is 5.57. The molecule has 0 radical (unpaired) electrons. The summed E-state index contributed by atoms with van der Waals surface area (Å²) in [6.45, 7) is 0. The highest BCUT2D eigenvalue weighted by Gasteiger charge is 2.46. The minimum atomic E-state index is 0.593. The number of hydrogen-bond donors (Lipinski definition) is 0. The Labute approximate surface area is 313 Å². The molecule has 0 saturated heterocycles. The molecule has 4 heteroatoms. The van der Waals surface area contributed by atoms with Crippen LogP contribution in [-0.2, 0) is 0 Å². The van der Waals surface area contributed by atoms with Crippen molar-refractivity contribution in [2.45, 2.75) is 87.9 Å². The van der Waals surface area contributed by atoms with Crippen LogP contribution in [-0.4, -0.2) is 18.9 Å². The van der Waals surface area contributed by atoms with Crippen molar-refractivity contribution < 1.29 is 0 Å². The fourth-order valence-corrected chi connectivity index (χ4v) is 14.9. The third-order valence-electron chi connectivity index (χ3n) is 16.3. The monoisotopic (exact) mass is 698 g/mol. The molecule has 8 aliphatic carbocycles. The quantitative estimate of drug-likeness (QED) is 0.171. The Hall–Kier alpha value is -4.96. The van der Waals surface area contributed by atoms with Gasteiger partial charge in [-0.25, -0.2) is 0 Å². The molecule has 0 aliphatic heterocycles. The van der Waals surface area contributed by atoms with Crippen LogP contribution >= 0.6 is 0 Å². The molecule has 5 heterocycles. The molecule has 4 saturated carbocycles. The maximum Gasteiger partial charge on any atom is 0.0729 e. The van der Waals surface area contributed by atoms with E-state index in [-0.39, 0.29) is 0 Å². The van der Waals surface area contributed by atoms with Gasteiger partial charge < -0.3 is 8.97 Å². The highest BCUT2D eigenvalue weighted by Crippen LogP contribution is 2.61. The molecule has 4 unspecified atom stereocenters. The van der Waals surface area contributed by atoms with Crippen LogP contribution in [0.4, 0.5) is 0 Å². The molecular weight excluding hydrogens is 657 g/mol. The van der Waals surface area contributed by atoms with Crippen molar-refractivity contribution in [2.75, 3.05) is 0 Å². The summed E-state index contributed by atoms with van der Waals surface area (Å²) in [6, 6.07) is 27.7. The van der Waals surface area contributed by atoms with Crippen molar-refractivity contribution in [3.63, 3.8) is 0 Å². The SMILES string of the molecule is c1ccc(-n2c3ccc4ccccc4c3c3cc4c5c6c(ncc5n5c7cnc8c(c7c(c32)c45)C2CC3CC(CC8C3)C2)C2CC3CC(C2)CC6C3)cc1. The number of fused-ring (bicyclic) bond motifs is 12. The molecule has 262 valence electrons. The first-order valence-electron chi connectivity index (χ1n) is 21.2. The lowest BCUT2D eigenvalue weighted by Gasteiger charge is -2.38. The maximum absolute atomic E-state index is 5.57. The lowest BCUT2D eigenvalue weighted by molar-refractivity contribution is 0.165. The highest BCUT2D eigenvalue weighted by atomic mass is 15.0. The second-order valence-electron chi connectivity index (χ2n) is 19.0. The second kappa shape index (κ2) is 9.63. The minimum Gasteiger partial charge on any atom is -0.309 e. The predicted octanol–water partition coefficient (Wildman–Crippen LogP) is 12.7. The van der Waals surface area contributed by atoms with Gasteiger partial charge in [0.2, 0.25) is 0 Å². The molecular formula is C50H42N4. The van der Waals surface area contributed by atoms with Crippen molar-refractivity contribution in [1.29, 1.82) is 0 Å². The van der Waals surface area contributed by atoms with Crippen LogP contribution in [0.2, 0.25) is 0 Å². The zero-order valence-corrected chi connectivity index (χ0v) is 30.6. The highest BCUT2D eigenvalue weighted by molar-refractivity contribution is 6.37. The average molecular weight is 699 g/mol. The van der Waals surface area contributed by atoms with Gasteiger partial charge in [-0.15, -0.1) is 0 Å². The molecule has 8 aliphatic rings. The Balaban J connectivity index is 1.22. The van der Waals surface area contributed by atoms with E-state index in [4.69, 9.17) is 9.97 Å². The zero-order chi connectivity index (χ0) is 34.6. The molecule has 4 atom stereocenters. The standard InChI is InChI=1S/C50H42N4/c1-2-7-34(8-3-1)53-38-11-10-29-6-4-5-9-35(29)43(38)36-22-37-44-39(23-51-47-32-18-25-12-26(19-32)15-30(14-25)41(44)47)54-40-24-52-48-33-20-27-13-28(21-33)17-31(16-27)42(48)45(40)46(49(36)53)50(37)54/h1-11,22-28,30-33H,12-21H2. The first-order valence-corrected chi connectivity index (χ1v) is 21.2. The summed E-state index contributed by atoms with van der Waals surface area (Å²) in [7, 11) is 0. The van der Waals surface area contributed by atoms with Crippen LogP contribution in [0.3, 0.4) is 0 Å². The molecule has 17 rings (SSSR count). The largest absolute Gasteiger partial charge is 0.309 e. The first kappa shape index (κ1) is 28.5. The van der Waals surface area contributed by atoms with Gasteiger partial charge in [0.1, 0.15) is 0 Å². The van der Waals surface area contributed by atoms with Crippen LogP contribution < -0.4 is 0 Å². The molecule has 4 nitrogen and oxygen atoms in total. The van der Waals surface area contributed by atoms with Gasteiger partial charge in [-0.05, 0) is 146 Å². The molecule has 4 fully saturated rings. The normalized spacial score (nSPS) is 29.5. The summed E-state index contributed by atoms with van der Waals surface area (Å²) in [5.41, 5.74) is 14.1. The summed E-state index contributed by atoms with van der Waals surface area (Å²) in [6.07, 6.45) is 18.2. The molecule has 0 N–H and O–H groups in total. The van der Waals surface area contributed by atoms with E-state index in [1.807, 2.05) is 0 Å². The molecule has 4 aromatic carbocycles. The smallest absolute Gasteiger partial charge is 0.0729 e. The van der Waals surface area contributed by atoms with Crippen LogP contribution in [0, 0.1) is 23.7 Å². The summed E-state index contributed by atoms with van der Waals surface area (Å²) in [5, 5.41) is 11.4. The van der Waals surface area contributed by atoms with Gasteiger partial charge in [-0.2, -0.15) is 0 Å². The molecule has 8 bridgehead atoms. The number of benzene rings is 4. The predicted molar refractivity (Wildman–Crippen MR) is 220 cm³/mol. The van der Waals surface area contributed by atoms with E-state index in [0.717, 1.165) is 23.7 Å². The number of pyridine rings is 2.